The van der Waals surface area contributed by atoms with E-state index in [0.717, 1.165) is 24.5 Å². The highest BCUT2D eigenvalue weighted by Crippen LogP contribution is 2.31. The van der Waals surface area contributed by atoms with Gasteiger partial charge < -0.3 is 15.2 Å². The van der Waals surface area contributed by atoms with Crippen LogP contribution in [-0.2, 0) is 9.53 Å². The normalized spacial score (nSPS) is 18.1. The van der Waals surface area contributed by atoms with E-state index in [1.54, 1.807) is 6.20 Å². The summed E-state index contributed by atoms with van der Waals surface area (Å²) in [6.07, 6.45) is 4.99. The van der Waals surface area contributed by atoms with Gasteiger partial charge in [0.05, 0.1) is 6.20 Å². The first-order chi connectivity index (χ1) is 9.66. The predicted molar refractivity (Wildman–Crippen MR) is 73.9 cm³/mol. The average Bonchev–Trinajstić information content (AvgIpc) is 3.08. The molecule has 0 aromatic carbocycles. The van der Waals surface area contributed by atoms with Crippen molar-refractivity contribution in [2.75, 3.05) is 13.2 Å². The summed E-state index contributed by atoms with van der Waals surface area (Å²) in [6.45, 7) is 1.24. The lowest BCUT2D eigenvalue weighted by atomic mass is 10.2. The van der Waals surface area contributed by atoms with E-state index in [1.165, 1.54) is 11.3 Å². The lowest BCUT2D eigenvalue weighted by molar-refractivity contribution is -0.137. The second-order valence-corrected chi connectivity index (χ2v) is 5.73. The quantitative estimate of drug-likeness (QED) is 0.751. The van der Waals surface area contributed by atoms with Gasteiger partial charge in [-0.15, -0.1) is 11.3 Å². The number of ether oxygens (including phenoxy) is 1. The summed E-state index contributed by atoms with van der Waals surface area (Å²) < 4.78 is 5.53. The summed E-state index contributed by atoms with van der Waals surface area (Å²) >= 11 is 1.36. The van der Waals surface area contributed by atoms with Gasteiger partial charge in [-0.25, -0.2) is 4.98 Å². The number of hydrogen-bond acceptors (Lipinski definition) is 5. The SMILES string of the molecule is O=C(O)CCCCNC(=O)c1cnc(C2CCCO2)s1. The molecule has 1 aromatic heterocycles. The molecule has 0 spiro atoms. The Morgan fingerprint density at radius 2 is 2.35 bits per heavy atom. The first-order valence-electron chi connectivity index (χ1n) is 6.74. The Labute approximate surface area is 121 Å². The molecule has 1 atom stereocenters. The zero-order chi connectivity index (χ0) is 14.4. The number of carbonyl (C=O) groups excluding carboxylic acids is 1. The third-order valence-corrected chi connectivity index (χ3v) is 4.14. The fraction of sp³-hybridized carbons (Fsp3) is 0.615. The van der Waals surface area contributed by atoms with Gasteiger partial charge in [0.2, 0.25) is 0 Å². The van der Waals surface area contributed by atoms with Crippen molar-refractivity contribution < 1.29 is 19.4 Å². The van der Waals surface area contributed by atoms with E-state index >= 15 is 0 Å². The Morgan fingerprint density at radius 1 is 1.50 bits per heavy atom. The van der Waals surface area contributed by atoms with Crippen molar-refractivity contribution in [2.24, 2.45) is 0 Å². The molecule has 6 nitrogen and oxygen atoms in total. The van der Waals surface area contributed by atoms with Gasteiger partial charge in [0.15, 0.2) is 0 Å². The van der Waals surface area contributed by atoms with Crippen LogP contribution < -0.4 is 5.32 Å². The van der Waals surface area contributed by atoms with Crippen LogP contribution in [0.25, 0.3) is 0 Å². The number of thiazole rings is 1. The van der Waals surface area contributed by atoms with E-state index in [1.807, 2.05) is 0 Å². The summed E-state index contributed by atoms with van der Waals surface area (Å²) in [6, 6.07) is 0. The Kier molecular flexibility index (Phi) is 5.49. The van der Waals surface area contributed by atoms with Gasteiger partial charge in [0.1, 0.15) is 16.0 Å². The van der Waals surface area contributed by atoms with Gasteiger partial charge in [-0.3, -0.25) is 9.59 Å². The van der Waals surface area contributed by atoms with Gasteiger partial charge in [-0.2, -0.15) is 0 Å². The maximum absolute atomic E-state index is 11.9. The van der Waals surface area contributed by atoms with Crippen LogP contribution in [0.2, 0.25) is 0 Å². The Bertz CT molecular complexity index is 469. The fourth-order valence-corrected chi connectivity index (χ4v) is 2.92. The predicted octanol–water partition coefficient (Wildman–Crippen LogP) is 1.98. The molecule has 0 saturated carbocycles. The van der Waals surface area contributed by atoms with Crippen molar-refractivity contribution in [3.05, 3.63) is 16.1 Å². The lowest BCUT2D eigenvalue weighted by Gasteiger charge is -2.04. The van der Waals surface area contributed by atoms with Crippen LogP contribution >= 0.6 is 11.3 Å². The van der Waals surface area contributed by atoms with E-state index in [4.69, 9.17) is 9.84 Å². The molecule has 1 aliphatic heterocycles. The number of rotatable bonds is 7. The lowest BCUT2D eigenvalue weighted by Crippen LogP contribution is -2.23. The number of carbonyl (C=O) groups is 2. The molecule has 110 valence electrons. The minimum atomic E-state index is -0.806. The molecule has 0 aliphatic carbocycles. The third-order valence-electron chi connectivity index (χ3n) is 3.06. The number of unbranched alkanes of at least 4 members (excludes halogenated alkanes) is 1. The van der Waals surface area contributed by atoms with E-state index < -0.39 is 5.97 Å². The largest absolute Gasteiger partial charge is 0.481 e. The minimum Gasteiger partial charge on any atom is -0.481 e. The van der Waals surface area contributed by atoms with E-state index in [-0.39, 0.29) is 18.4 Å². The number of nitrogens with zero attached hydrogens (tertiary/aromatic N) is 1. The zero-order valence-corrected chi connectivity index (χ0v) is 11.9. The first-order valence-corrected chi connectivity index (χ1v) is 7.56. The van der Waals surface area contributed by atoms with Gasteiger partial charge in [0.25, 0.3) is 5.91 Å². The number of aliphatic carboxylic acids is 1. The summed E-state index contributed by atoms with van der Waals surface area (Å²) in [7, 11) is 0. The molecule has 0 radical (unpaired) electrons. The molecule has 1 aliphatic rings. The molecule has 20 heavy (non-hydrogen) atoms. The molecule has 1 unspecified atom stereocenters. The number of aromatic nitrogens is 1. The fourth-order valence-electron chi connectivity index (χ4n) is 2.00. The molecule has 1 aromatic rings. The topological polar surface area (TPSA) is 88.5 Å². The summed E-state index contributed by atoms with van der Waals surface area (Å²) in [5.41, 5.74) is 0. The zero-order valence-electron chi connectivity index (χ0n) is 11.1. The molecular weight excluding hydrogens is 280 g/mol. The van der Waals surface area contributed by atoms with Crippen molar-refractivity contribution in [3.8, 4) is 0 Å². The first kappa shape index (κ1) is 14.9. The molecule has 1 amide bonds. The summed E-state index contributed by atoms with van der Waals surface area (Å²) in [5, 5.41) is 12.1. The van der Waals surface area contributed by atoms with E-state index in [2.05, 4.69) is 10.3 Å². The van der Waals surface area contributed by atoms with Crippen LogP contribution in [0.5, 0.6) is 0 Å². The molecule has 7 heteroatoms. The van der Waals surface area contributed by atoms with Crippen molar-refractivity contribution in [2.45, 2.75) is 38.2 Å². The van der Waals surface area contributed by atoms with Crippen molar-refractivity contribution >= 4 is 23.2 Å². The minimum absolute atomic E-state index is 0.0390. The van der Waals surface area contributed by atoms with Crippen LogP contribution in [-0.4, -0.2) is 35.1 Å². The molecule has 2 N–H and O–H groups in total. The molecule has 1 fully saturated rings. The number of nitrogens with one attached hydrogen (secondary N) is 1. The average molecular weight is 298 g/mol. The molecule has 0 bridgehead atoms. The second-order valence-electron chi connectivity index (χ2n) is 4.67. The summed E-state index contributed by atoms with van der Waals surface area (Å²) in [4.78, 5) is 27.0. The van der Waals surface area contributed by atoms with E-state index in [9.17, 15) is 9.59 Å². The maximum atomic E-state index is 11.9. The van der Waals surface area contributed by atoms with Crippen LogP contribution in [0.1, 0.15) is 52.9 Å². The second kappa shape index (κ2) is 7.35. The number of amides is 1. The van der Waals surface area contributed by atoms with Crippen LogP contribution in [0.15, 0.2) is 6.20 Å². The van der Waals surface area contributed by atoms with Gasteiger partial charge in [-0.05, 0) is 25.7 Å². The summed E-state index contributed by atoms with van der Waals surface area (Å²) in [5.74, 6) is -0.956. The Morgan fingerprint density at radius 3 is 3.05 bits per heavy atom. The van der Waals surface area contributed by atoms with Crippen LogP contribution in [0.4, 0.5) is 0 Å². The van der Waals surface area contributed by atoms with Crippen LogP contribution in [0, 0.1) is 0 Å². The monoisotopic (exact) mass is 298 g/mol. The van der Waals surface area contributed by atoms with Crippen molar-refractivity contribution in [3.63, 3.8) is 0 Å². The number of carboxylic acid groups (broad SMARTS) is 1. The number of hydrogen-bond donors (Lipinski definition) is 2. The number of carboxylic acids is 1. The van der Waals surface area contributed by atoms with Gasteiger partial charge in [-0.1, -0.05) is 0 Å². The highest BCUT2D eigenvalue weighted by Gasteiger charge is 2.22. The van der Waals surface area contributed by atoms with Gasteiger partial charge in [0, 0.05) is 19.6 Å². The van der Waals surface area contributed by atoms with E-state index in [0.29, 0.717) is 24.3 Å². The molecule has 1 saturated heterocycles. The Hall–Kier alpha value is -1.47. The van der Waals surface area contributed by atoms with Crippen molar-refractivity contribution in [1.82, 2.24) is 10.3 Å². The third kappa shape index (κ3) is 4.28. The molecule has 2 heterocycles. The highest BCUT2D eigenvalue weighted by molar-refractivity contribution is 7.13. The molecular formula is C13H18N2O4S. The van der Waals surface area contributed by atoms with Crippen molar-refractivity contribution in [1.29, 1.82) is 0 Å². The highest BCUT2D eigenvalue weighted by atomic mass is 32.1. The smallest absolute Gasteiger partial charge is 0.303 e. The van der Waals surface area contributed by atoms with Gasteiger partial charge >= 0.3 is 5.97 Å². The Balaban J connectivity index is 1.73. The molecule has 2 rings (SSSR count). The van der Waals surface area contributed by atoms with Crippen LogP contribution in [0.3, 0.4) is 0 Å². The standard InChI is InChI=1S/C13H18N2O4S/c16-11(17)5-1-2-6-14-12(18)10-8-15-13(20-10)9-4-3-7-19-9/h8-9H,1-7H2,(H,14,18)(H,16,17). The maximum Gasteiger partial charge on any atom is 0.303 e.